The van der Waals surface area contributed by atoms with E-state index in [0.29, 0.717) is 6.54 Å². The molecule has 0 bridgehead atoms. The van der Waals surface area contributed by atoms with Crippen LogP contribution in [0, 0.1) is 0 Å². The van der Waals surface area contributed by atoms with Crippen LogP contribution in [0.15, 0.2) is 30.5 Å². The van der Waals surface area contributed by atoms with E-state index in [1.54, 1.807) is 0 Å². The molecule has 0 aliphatic carbocycles. The molecule has 0 saturated heterocycles. The van der Waals surface area contributed by atoms with Crippen molar-refractivity contribution in [3.8, 4) is 0 Å². The Kier molecular flexibility index (Phi) is 2.72. The number of aryl methyl sites for hydroxylation is 1. The van der Waals surface area contributed by atoms with Crippen LogP contribution < -0.4 is 5.73 Å². The maximum atomic E-state index is 13.2. The van der Waals surface area contributed by atoms with Gasteiger partial charge in [0.05, 0.1) is 0 Å². The Morgan fingerprint density at radius 2 is 2.06 bits per heavy atom. The number of hydrogen-bond acceptors (Lipinski definition) is 1. The number of rotatable bonds is 3. The third-order valence-electron chi connectivity index (χ3n) is 3.29. The summed E-state index contributed by atoms with van der Waals surface area (Å²) >= 11 is 0. The van der Waals surface area contributed by atoms with Crippen molar-refractivity contribution in [2.75, 3.05) is 13.2 Å². The third-order valence-corrected chi connectivity index (χ3v) is 3.29. The number of fused-ring (bicyclic) bond motifs is 1. The SMILES string of the molecule is Cn1cc(C(C)(CN)CF)c2ccccc21. The van der Waals surface area contributed by atoms with Crippen molar-refractivity contribution in [2.24, 2.45) is 12.8 Å². The second kappa shape index (κ2) is 3.91. The topological polar surface area (TPSA) is 30.9 Å². The van der Waals surface area contributed by atoms with Gasteiger partial charge in [-0.05, 0) is 11.6 Å². The van der Waals surface area contributed by atoms with Gasteiger partial charge in [0.15, 0.2) is 0 Å². The van der Waals surface area contributed by atoms with E-state index >= 15 is 0 Å². The fourth-order valence-corrected chi connectivity index (χ4v) is 2.06. The number of para-hydroxylation sites is 1. The quantitative estimate of drug-likeness (QED) is 0.845. The second-order valence-electron chi connectivity index (χ2n) is 4.57. The van der Waals surface area contributed by atoms with E-state index in [2.05, 4.69) is 0 Å². The van der Waals surface area contributed by atoms with Crippen molar-refractivity contribution >= 4 is 10.9 Å². The first kappa shape index (κ1) is 11.1. The van der Waals surface area contributed by atoms with Crippen LogP contribution in [0.1, 0.15) is 12.5 Å². The molecule has 0 aliphatic rings. The summed E-state index contributed by atoms with van der Waals surface area (Å²) in [6.07, 6.45) is 1.98. The molecule has 3 heteroatoms. The molecule has 0 radical (unpaired) electrons. The number of aromatic nitrogens is 1. The molecule has 2 nitrogen and oxygen atoms in total. The summed E-state index contributed by atoms with van der Waals surface area (Å²) in [4.78, 5) is 0. The van der Waals surface area contributed by atoms with Crippen LogP contribution in [0.4, 0.5) is 4.39 Å². The Bertz CT molecular complexity index is 498. The van der Waals surface area contributed by atoms with Gasteiger partial charge in [-0.2, -0.15) is 0 Å². The average molecular weight is 220 g/mol. The van der Waals surface area contributed by atoms with E-state index in [1.165, 1.54) is 0 Å². The van der Waals surface area contributed by atoms with Crippen LogP contribution in [0.5, 0.6) is 0 Å². The highest BCUT2D eigenvalue weighted by Gasteiger charge is 2.28. The van der Waals surface area contributed by atoms with Gasteiger partial charge in [-0.15, -0.1) is 0 Å². The summed E-state index contributed by atoms with van der Waals surface area (Å²) in [5.74, 6) is 0. The monoisotopic (exact) mass is 220 g/mol. The Balaban J connectivity index is 2.70. The number of halogens is 1. The summed E-state index contributed by atoms with van der Waals surface area (Å²) in [7, 11) is 1.97. The molecule has 0 saturated carbocycles. The Labute approximate surface area is 94.9 Å². The van der Waals surface area contributed by atoms with Crippen molar-refractivity contribution in [1.29, 1.82) is 0 Å². The molecule has 1 unspecified atom stereocenters. The molecule has 1 atom stereocenters. The lowest BCUT2D eigenvalue weighted by Crippen LogP contribution is -2.33. The van der Waals surface area contributed by atoms with Gasteiger partial charge in [0.25, 0.3) is 0 Å². The molecule has 2 rings (SSSR count). The predicted molar refractivity (Wildman–Crippen MR) is 65.3 cm³/mol. The molecule has 1 aromatic carbocycles. The van der Waals surface area contributed by atoms with E-state index < -0.39 is 12.1 Å². The maximum Gasteiger partial charge on any atom is 0.100 e. The summed E-state index contributed by atoms with van der Waals surface area (Å²) in [6, 6.07) is 8.02. The smallest absolute Gasteiger partial charge is 0.100 e. The van der Waals surface area contributed by atoms with Crippen LogP contribution in [0.3, 0.4) is 0 Å². The van der Waals surface area contributed by atoms with E-state index in [0.717, 1.165) is 16.5 Å². The second-order valence-corrected chi connectivity index (χ2v) is 4.57. The highest BCUT2D eigenvalue weighted by atomic mass is 19.1. The first-order valence-corrected chi connectivity index (χ1v) is 5.43. The molecule has 2 N–H and O–H groups in total. The van der Waals surface area contributed by atoms with Gasteiger partial charge in [0, 0.05) is 36.1 Å². The number of alkyl halides is 1. The summed E-state index contributed by atoms with van der Waals surface area (Å²) in [6.45, 7) is 1.75. The van der Waals surface area contributed by atoms with Gasteiger partial charge in [-0.1, -0.05) is 25.1 Å². The van der Waals surface area contributed by atoms with Gasteiger partial charge < -0.3 is 10.3 Å². The number of hydrogen-bond donors (Lipinski definition) is 1. The Morgan fingerprint density at radius 3 is 2.69 bits per heavy atom. The third kappa shape index (κ3) is 1.52. The van der Waals surface area contributed by atoms with Crippen molar-refractivity contribution < 1.29 is 4.39 Å². The molecule has 0 amide bonds. The minimum Gasteiger partial charge on any atom is -0.350 e. The van der Waals surface area contributed by atoms with Gasteiger partial charge in [-0.25, -0.2) is 0 Å². The minimum atomic E-state index is -0.582. The Hall–Kier alpha value is -1.35. The van der Waals surface area contributed by atoms with E-state index in [-0.39, 0.29) is 0 Å². The fraction of sp³-hybridized carbons (Fsp3) is 0.385. The van der Waals surface area contributed by atoms with Crippen LogP contribution in [0.2, 0.25) is 0 Å². The minimum absolute atomic E-state index is 0.317. The van der Waals surface area contributed by atoms with E-state index in [9.17, 15) is 4.39 Å². The lowest BCUT2D eigenvalue weighted by atomic mass is 9.84. The van der Waals surface area contributed by atoms with Gasteiger partial charge >= 0.3 is 0 Å². The summed E-state index contributed by atoms with van der Waals surface area (Å²) in [5, 5.41) is 1.09. The largest absolute Gasteiger partial charge is 0.350 e. The van der Waals surface area contributed by atoms with E-state index in [1.807, 2.05) is 49.0 Å². The van der Waals surface area contributed by atoms with Crippen LogP contribution in [0.25, 0.3) is 10.9 Å². The molecule has 0 spiro atoms. The van der Waals surface area contributed by atoms with Crippen LogP contribution >= 0.6 is 0 Å². The maximum absolute atomic E-state index is 13.2. The molecule has 0 aliphatic heterocycles. The van der Waals surface area contributed by atoms with Crippen molar-refractivity contribution in [2.45, 2.75) is 12.3 Å². The first-order chi connectivity index (χ1) is 7.62. The highest BCUT2D eigenvalue weighted by molar-refractivity contribution is 5.85. The van der Waals surface area contributed by atoms with Gasteiger partial charge in [0.2, 0.25) is 0 Å². The number of nitrogens with two attached hydrogens (primary N) is 1. The fourth-order valence-electron chi connectivity index (χ4n) is 2.06. The predicted octanol–water partition coefficient (Wildman–Crippen LogP) is 2.36. The molecule has 16 heavy (non-hydrogen) atoms. The van der Waals surface area contributed by atoms with Crippen molar-refractivity contribution in [3.05, 3.63) is 36.0 Å². The lowest BCUT2D eigenvalue weighted by Gasteiger charge is -2.23. The standard InChI is InChI=1S/C13H17FN2/c1-13(8-14,9-15)11-7-16(2)12-6-4-3-5-10(11)12/h3-7H,8-9,15H2,1-2H3. The molecule has 2 aromatic rings. The summed E-state index contributed by atoms with van der Waals surface area (Å²) in [5.41, 5.74) is 7.23. The van der Waals surface area contributed by atoms with Crippen molar-refractivity contribution in [1.82, 2.24) is 4.57 Å². The van der Waals surface area contributed by atoms with Crippen LogP contribution in [-0.2, 0) is 12.5 Å². The molecule has 1 aromatic heterocycles. The zero-order valence-corrected chi connectivity index (χ0v) is 9.70. The normalized spacial score (nSPS) is 15.2. The molecular weight excluding hydrogens is 203 g/mol. The molecule has 1 heterocycles. The first-order valence-electron chi connectivity index (χ1n) is 5.43. The molecule has 86 valence electrons. The van der Waals surface area contributed by atoms with Crippen LogP contribution in [-0.4, -0.2) is 17.8 Å². The molecular formula is C13H17FN2. The van der Waals surface area contributed by atoms with Crippen molar-refractivity contribution in [3.63, 3.8) is 0 Å². The zero-order chi connectivity index (χ0) is 11.8. The summed E-state index contributed by atoms with van der Waals surface area (Å²) < 4.78 is 15.2. The molecule has 0 fully saturated rings. The Morgan fingerprint density at radius 1 is 1.38 bits per heavy atom. The number of benzene rings is 1. The van der Waals surface area contributed by atoms with Gasteiger partial charge in [-0.3, -0.25) is 4.39 Å². The highest BCUT2D eigenvalue weighted by Crippen LogP contribution is 2.31. The van der Waals surface area contributed by atoms with Gasteiger partial charge in [0.1, 0.15) is 6.67 Å². The number of nitrogens with zero attached hydrogens (tertiary/aromatic N) is 1. The average Bonchev–Trinajstić information content (AvgIpc) is 2.67. The zero-order valence-electron chi connectivity index (χ0n) is 9.70. The van der Waals surface area contributed by atoms with E-state index in [4.69, 9.17) is 5.73 Å². The lowest BCUT2D eigenvalue weighted by molar-refractivity contribution is 0.335.